The van der Waals surface area contributed by atoms with Gasteiger partial charge >= 0.3 is 5.97 Å². The van der Waals surface area contributed by atoms with Gasteiger partial charge in [0.25, 0.3) is 5.91 Å². The molecule has 1 aliphatic heterocycles. The van der Waals surface area contributed by atoms with Crippen LogP contribution >= 0.6 is 11.6 Å². The van der Waals surface area contributed by atoms with Crippen LogP contribution in [-0.4, -0.2) is 41.7 Å². The molecule has 1 N–H and O–H groups in total. The SMILES string of the molecule is O=C(COC(=O)CCCCCN1C(=O)[C@@H]2C3c4ccccc4C(c4ccccc43)[C@H]2C1=O)Nc1cccc(Cl)c1. The zero-order valence-electron chi connectivity index (χ0n) is 21.8. The number of benzene rings is 3. The van der Waals surface area contributed by atoms with Gasteiger partial charge in [0, 0.05) is 35.5 Å². The summed E-state index contributed by atoms with van der Waals surface area (Å²) in [5.41, 5.74) is 5.18. The summed E-state index contributed by atoms with van der Waals surface area (Å²) in [4.78, 5) is 52.8. The van der Waals surface area contributed by atoms with E-state index < -0.39 is 11.9 Å². The number of likely N-dealkylation sites (tertiary alicyclic amines) is 1. The minimum absolute atomic E-state index is 0.0841. The normalized spacial score (nSPS) is 22.0. The van der Waals surface area contributed by atoms with E-state index in [1.165, 1.54) is 4.90 Å². The second-order valence-corrected chi connectivity index (χ2v) is 11.1. The molecule has 1 fully saturated rings. The average Bonchev–Trinajstić information content (AvgIpc) is 3.21. The molecular weight excluding hydrogens is 528 g/mol. The number of halogens is 1. The first-order valence-corrected chi connectivity index (χ1v) is 14.1. The van der Waals surface area contributed by atoms with Gasteiger partial charge in [-0.1, -0.05) is 72.6 Å². The van der Waals surface area contributed by atoms with Crippen molar-refractivity contribution in [2.75, 3.05) is 18.5 Å². The highest BCUT2D eigenvalue weighted by Crippen LogP contribution is 2.60. The van der Waals surface area contributed by atoms with Crippen LogP contribution in [0.2, 0.25) is 5.02 Å². The van der Waals surface area contributed by atoms with Crippen LogP contribution in [0.1, 0.15) is 59.8 Å². The molecule has 40 heavy (non-hydrogen) atoms. The van der Waals surface area contributed by atoms with Gasteiger partial charge in [-0.05, 0) is 53.3 Å². The number of carbonyl (C=O) groups excluding carboxylic acids is 4. The molecule has 3 aromatic rings. The predicted molar refractivity (Wildman–Crippen MR) is 150 cm³/mol. The Morgan fingerprint density at radius 2 is 1.35 bits per heavy atom. The highest BCUT2D eigenvalue weighted by molar-refractivity contribution is 6.30. The summed E-state index contributed by atoms with van der Waals surface area (Å²) in [6, 6.07) is 23.1. The number of carbonyl (C=O) groups is 4. The van der Waals surface area contributed by atoms with E-state index >= 15 is 0 Å². The number of nitrogens with zero attached hydrogens (tertiary/aromatic N) is 1. The first-order chi connectivity index (χ1) is 19.4. The Bertz CT molecular complexity index is 1390. The van der Waals surface area contributed by atoms with Crippen molar-refractivity contribution in [3.63, 3.8) is 0 Å². The van der Waals surface area contributed by atoms with Crippen LogP contribution in [0.5, 0.6) is 0 Å². The van der Waals surface area contributed by atoms with Crippen LogP contribution in [0.3, 0.4) is 0 Å². The Hall–Kier alpha value is -3.97. The summed E-state index contributed by atoms with van der Waals surface area (Å²) in [5, 5.41) is 3.12. The largest absolute Gasteiger partial charge is 0.456 e. The van der Waals surface area contributed by atoms with E-state index in [1.807, 2.05) is 24.3 Å². The molecule has 7 nitrogen and oxygen atoms in total. The van der Waals surface area contributed by atoms with Crippen LogP contribution in [0.25, 0.3) is 0 Å². The maximum absolute atomic E-state index is 13.6. The molecule has 0 spiro atoms. The average molecular weight is 557 g/mol. The highest BCUT2D eigenvalue weighted by atomic mass is 35.5. The molecule has 1 saturated heterocycles. The van der Waals surface area contributed by atoms with Crippen molar-refractivity contribution in [1.29, 1.82) is 0 Å². The molecule has 8 heteroatoms. The van der Waals surface area contributed by atoms with E-state index in [2.05, 4.69) is 29.6 Å². The summed E-state index contributed by atoms with van der Waals surface area (Å²) < 4.78 is 5.07. The number of unbranched alkanes of at least 4 members (excludes halogenated alkanes) is 2. The third kappa shape index (κ3) is 4.68. The molecule has 0 aromatic heterocycles. The molecule has 0 saturated carbocycles. The predicted octanol–water partition coefficient (Wildman–Crippen LogP) is 5.27. The molecule has 3 aliphatic carbocycles. The van der Waals surface area contributed by atoms with Crippen molar-refractivity contribution in [1.82, 2.24) is 4.90 Å². The number of amides is 3. The van der Waals surface area contributed by atoms with Gasteiger partial charge in [-0.25, -0.2) is 0 Å². The number of hydrogen-bond donors (Lipinski definition) is 1. The number of rotatable bonds is 9. The molecule has 1 heterocycles. The van der Waals surface area contributed by atoms with Crippen LogP contribution in [0.15, 0.2) is 72.8 Å². The third-order valence-electron chi connectivity index (χ3n) is 8.28. The van der Waals surface area contributed by atoms with Gasteiger partial charge in [-0.3, -0.25) is 24.1 Å². The van der Waals surface area contributed by atoms with E-state index in [-0.39, 0.29) is 48.5 Å². The van der Waals surface area contributed by atoms with Gasteiger partial charge in [0.05, 0.1) is 11.8 Å². The van der Waals surface area contributed by atoms with E-state index in [0.717, 1.165) is 22.3 Å². The standard InChI is InChI=1S/C32H29ClN2O5/c33-19-9-8-10-20(17-19)34-25(36)18-40-26(37)15-2-1-7-16-35-31(38)29-27-21-11-3-4-12-22(21)28(30(29)32(35)39)24-14-6-5-13-23(24)27/h3-6,8-14,17,27-30H,1-2,7,15-16,18H2,(H,34,36)/t27?,28?,29-,30-/m1/s1. The van der Waals surface area contributed by atoms with E-state index in [1.54, 1.807) is 24.3 Å². The number of nitrogens with one attached hydrogen (secondary N) is 1. The van der Waals surface area contributed by atoms with Gasteiger partial charge in [0.2, 0.25) is 11.8 Å². The Morgan fingerprint density at radius 1 is 0.775 bits per heavy atom. The van der Waals surface area contributed by atoms with Gasteiger partial charge in [-0.2, -0.15) is 0 Å². The smallest absolute Gasteiger partial charge is 0.306 e. The van der Waals surface area contributed by atoms with Gasteiger partial charge in [0.15, 0.2) is 6.61 Å². The summed E-state index contributed by atoms with van der Waals surface area (Å²) in [7, 11) is 0. The Balaban J connectivity index is 1.00. The summed E-state index contributed by atoms with van der Waals surface area (Å²) in [6.07, 6.45) is 1.96. The van der Waals surface area contributed by atoms with Crippen molar-refractivity contribution < 1.29 is 23.9 Å². The fraction of sp³-hybridized carbons (Fsp3) is 0.312. The van der Waals surface area contributed by atoms with Crippen LogP contribution in [-0.2, 0) is 23.9 Å². The molecular formula is C32H29ClN2O5. The molecule has 2 bridgehead atoms. The van der Waals surface area contributed by atoms with E-state index in [0.29, 0.717) is 36.5 Å². The quantitative estimate of drug-likeness (QED) is 0.220. The van der Waals surface area contributed by atoms with Gasteiger partial charge in [0.1, 0.15) is 0 Å². The lowest BCUT2D eigenvalue weighted by Gasteiger charge is -2.45. The minimum Gasteiger partial charge on any atom is -0.456 e. The first-order valence-electron chi connectivity index (χ1n) is 13.7. The van der Waals surface area contributed by atoms with Gasteiger partial charge < -0.3 is 10.1 Å². The molecule has 0 unspecified atom stereocenters. The minimum atomic E-state index is -0.465. The molecule has 0 radical (unpaired) electrons. The van der Waals surface area contributed by atoms with Gasteiger partial charge in [-0.15, -0.1) is 0 Å². The molecule has 3 amide bonds. The molecule has 204 valence electrons. The number of ether oxygens (including phenoxy) is 1. The number of anilines is 1. The Kier molecular flexibility index (Phi) is 7.15. The fourth-order valence-electron chi connectivity index (χ4n) is 6.66. The topological polar surface area (TPSA) is 92.8 Å². The highest BCUT2D eigenvalue weighted by Gasteiger charge is 2.61. The van der Waals surface area contributed by atoms with E-state index in [4.69, 9.17) is 16.3 Å². The molecule has 7 rings (SSSR count). The molecule has 4 aliphatic rings. The molecule has 2 atom stereocenters. The zero-order valence-corrected chi connectivity index (χ0v) is 22.6. The fourth-order valence-corrected chi connectivity index (χ4v) is 6.85. The maximum Gasteiger partial charge on any atom is 0.306 e. The van der Waals surface area contributed by atoms with Crippen molar-refractivity contribution in [2.45, 2.75) is 37.5 Å². The lowest BCUT2D eigenvalue weighted by atomic mass is 9.55. The second-order valence-electron chi connectivity index (χ2n) is 10.6. The van der Waals surface area contributed by atoms with E-state index in [9.17, 15) is 19.2 Å². The summed E-state index contributed by atoms with van der Waals surface area (Å²) in [6.45, 7) is -0.0358. The second kappa shape index (κ2) is 10.9. The number of imide groups is 1. The Labute approximate surface area is 237 Å². The Morgan fingerprint density at radius 3 is 1.90 bits per heavy atom. The van der Waals surface area contributed by atoms with Crippen LogP contribution in [0, 0.1) is 11.8 Å². The van der Waals surface area contributed by atoms with Crippen molar-refractivity contribution in [3.05, 3.63) is 100 Å². The number of esters is 1. The third-order valence-corrected chi connectivity index (χ3v) is 8.51. The summed E-state index contributed by atoms with van der Waals surface area (Å²) >= 11 is 5.90. The zero-order chi connectivity index (χ0) is 27.8. The summed E-state index contributed by atoms with van der Waals surface area (Å²) in [5.74, 6) is -2.01. The van der Waals surface area contributed by atoms with Crippen molar-refractivity contribution in [3.8, 4) is 0 Å². The van der Waals surface area contributed by atoms with Crippen LogP contribution < -0.4 is 5.32 Å². The lowest BCUT2D eigenvalue weighted by molar-refractivity contribution is -0.147. The lowest BCUT2D eigenvalue weighted by Crippen LogP contribution is -2.41. The maximum atomic E-state index is 13.6. The first kappa shape index (κ1) is 26.3. The monoisotopic (exact) mass is 556 g/mol. The molecule has 3 aromatic carbocycles. The van der Waals surface area contributed by atoms with Crippen LogP contribution in [0.4, 0.5) is 5.69 Å². The van der Waals surface area contributed by atoms with Crippen molar-refractivity contribution >= 4 is 41.0 Å². The van der Waals surface area contributed by atoms with Crippen molar-refractivity contribution in [2.24, 2.45) is 11.8 Å². The number of hydrogen-bond acceptors (Lipinski definition) is 5.